The standard InChI is InChI=1S/C16H17FN4OS/c1-11-5-4-6-12(9-11)21(19)16(20-18)23-10-15(22)13-7-2-3-8-14(13)17/h2-9H,10,18-19H2,1H3/b20-16+. The molecule has 0 atom stereocenters. The molecule has 0 radical (unpaired) electrons. The van der Waals surface area contributed by atoms with Crippen LogP contribution in [0.5, 0.6) is 0 Å². The van der Waals surface area contributed by atoms with Crippen molar-refractivity contribution in [3.63, 3.8) is 0 Å². The molecule has 23 heavy (non-hydrogen) atoms. The summed E-state index contributed by atoms with van der Waals surface area (Å²) >= 11 is 1.05. The Balaban J connectivity index is 2.06. The van der Waals surface area contributed by atoms with Crippen LogP contribution in [-0.4, -0.2) is 16.7 Å². The highest BCUT2D eigenvalue weighted by atomic mass is 32.2. The van der Waals surface area contributed by atoms with Gasteiger partial charge in [0.2, 0.25) is 5.17 Å². The predicted molar refractivity (Wildman–Crippen MR) is 92.7 cm³/mol. The molecule has 120 valence electrons. The summed E-state index contributed by atoms with van der Waals surface area (Å²) in [6.07, 6.45) is 0. The lowest BCUT2D eigenvalue weighted by Gasteiger charge is -2.19. The quantitative estimate of drug-likeness (QED) is 0.296. The number of aryl methyl sites for hydroxylation is 1. The number of hydrazine groups is 1. The van der Waals surface area contributed by atoms with Gasteiger partial charge in [-0.05, 0) is 36.8 Å². The van der Waals surface area contributed by atoms with Gasteiger partial charge in [0.05, 0.1) is 17.0 Å². The SMILES string of the molecule is Cc1cccc(N(N)/C(=N\N)SCC(=O)c2ccccc2F)c1. The van der Waals surface area contributed by atoms with Gasteiger partial charge in [-0.1, -0.05) is 36.0 Å². The van der Waals surface area contributed by atoms with Crippen LogP contribution < -0.4 is 16.7 Å². The third-order valence-corrected chi connectivity index (χ3v) is 4.07. The number of hydrazone groups is 1. The van der Waals surface area contributed by atoms with E-state index in [2.05, 4.69) is 5.10 Å². The Morgan fingerprint density at radius 1 is 1.26 bits per heavy atom. The number of anilines is 1. The first-order valence-corrected chi connectivity index (χ1v) is 7.81. The fourth-order valence-corrected chi connectivity index (χ4v) is 2.69. The second-order valence-corrected chi connectivity index (χ2v) is 5.75. The minimum atomic E-state index is -0.548. The van der Waals surface area contributed by atoms with Crippen LogP contribution in [0.1, 0.15) is 15.9 Å². The van der Waals surface area contributed by atoms with Crippen molar-refractivity contribution in [2.45, 2.75) is 6.92 Å². The van der Waals surface area contributed by atoms with E-state index < -0.39 is 5.82 Å². The summed E-state index contributed by atoms with van der Waals surface area (Å²) in [5.74, 6) is 10.4. The number of nitrogens with zero attached hydrogens (tertiary/aromatic N) is 2. The van der Waals surface area contributed by atoms with Gasteiger partial charge in [-0.15, -0.1) is 0 Å². The summed E-state index contributed by atoms with van der Waals surface area (Å²) in [6.45, 7) is 1.94. The largest absolute Gasteiger partial charge is 0.321 e. The van der Waals surface area contributed by atoms with Crippen molar-refractivity contribution < 1.29 is 9.18 Å². The van der Waals surface area contributed by atoms with Gasteiger partial charge in [-0.25, -0.2) is 10.2 Å². The number of thioether (sulfide) groups is 1. The Kier molecular flexibility index (Phi) is 5.72. The molecule has 0 unspecified atom stereocenters. The number of ketones is 1. The smallest absolute Gasteiger partial charge is 0.201 e. The van der Waals surface area contributed by atoms with E-state index in [1.807, 2.05) is 25.1 Å². The van der Waals surface area contributed by atoms with E-state index in [4.69, 9.17) is 11.7 Å². The van der Waals surface area contributed by atoms with Crippen molar-refractivity contribution in [1.29, 1.82) is 0 Å². The van der Waals surface area contributed by atoms with Crippen LogP contribution in [0, 0.1) is 12.7 Å². The van der Waals surface area contributed by atoms with Gasteiger partial charge < -0.3 is 5.84 Å². The Morgan fingerprint density at radius 3 is 2.65 bits per heavy atom. The highest BCUT2D eigenvalue weighted by Crippen LogP contribution is 2.19. The first-order valence-electron chi connectivity index (χ1n) is 6.83. The summed E-state index contributed by atoms with van der Waals surface area (Å²) in [4.78, 5) is 12.1. The van der Waals surface area contributed by atoms with Crippen molar-refractivity contribution in [2.75, 3.05) is 10.8 Å². The molecule has 0 aliphatic heterocycles. The maximum Gasteiger partial charge on any atom is 0.201 e. The Labute approximate surface area is 138 Å². The molecule has 5 nitrogen and oxygen atoms in total. The van der Waals surface area contributed by atoms with E-state index in [-0.39, 0.29) is 22.3 Å². The summed E-state index contributed by atoms with van der Waals surface area (Å²) < 4.78 is 13.6. The molecule has 0 saturated carbocycles. The zero-order chi connectivity index (χ0) is 16.8. The average Bonchev–Trinajstić information content (AvgIpc) is 2.55. The molecule has 0 spiro atoms. The number of rotatable bonds is 4. The van der Waals surface area contributed by atoms with Gasteiger partial charge >= 0.3 is 0 Å². The molecule has 0 amide bonds. The second-order valence-electron chi connectivity index (χ2n) is 4.81. The molecular formula is C16H17FN4OS. The lowest BCUT2D eigenvalue weighted by atomic mass is 10.1. The molecule has 0 heterocycles. The topological polar surface area (TPSA) is 84.7 Å². The molecule has 4 N–H and O–H groups in total. The maximum absolute atomic E-state index is 13.6. The molecule has 7 heteroatoms. The van der Waals surface area contributed by atoms with Crippen LogP contribution in [0.15, 0.2) is 53.6 Å². The third kappa shape index (κ3) is 4.30. The lowest BCUT2D eigenvalue weighted by Crippen LogP contribution is -2.37. The first kappa shape index (κ1) is 17.0. The molecule has 2 aromatic carbocycles. The number of carbonyl (C=O) groups excluding carboxylic acids is 1. The number of amidine groups is 1. The maximum atomic E-state index is 13.6. The van der Waals surface area contributed by atoms with Gasteiger partial charge in [0.1, 0.15) is 5.82 Å². The number of carbonyl (C=O) groups is 1. The van der Waals surface area contributed by atoms with Crippen LogP contribution in [0.3, 0.4) is 0 Å². The number of halogens is 1. The number of hydrogen-bond donors (Lipinski definition) is 2. The van der Waals surface area contributed by atoms with Crippen LogP contribution in [-0.2, 0) is 0 Å². The van der Waals surface area contributed by atoms with E-state index in [0.717, 1.165) is 17.3 Å². The van der Waals surface area contributed by atoms with E-state index in [1.165, 1.54) is 23.2 Å². The molecule has 0 aromatic heterocycles. The van der Waals surface area contributed by atoms with Crippen LogP contribution in [0.2, 0.25) is 0 Å². The summed E-state index contributed by atoms with van der Waals surface area (Å²) in [5, 5.41) is 5.18. The molecule has 0 aliphatic carbocycles. The predicted octanol–water partition coefficient (Wildman–Crippen LogP) is 2.66. The third-order valence-electron chi connectivity index (χ3n) is 3.10. The number of benzene rings is 2. The Hall–Kier alpha value is -2.38. The Morgan fingerprint density at radius 2 is 2.00 bits per heavy atom. The minimum Gasteiger partial charge on any atom is -0.321 e. The Bertz CT molecular complexity index is 736. The molecule has 2 rings (SSSR count). The van der Waals surface area contributed by atoms with Crippen LogP contribution in [0.25, 0.3) is 0 Å². The van der Waals surface area contributed by atoms with Gasteiger partial charge in [0.15, 0.2) is 5.78 Å². The highest BCUT2D eigenvalue weighted by Gasteiger charge is 2.16. The molecule has 0 fully saturated rings. The van der Waals surface area contributed by atoms with Crippen molar-refractivity contribution in [1.82, 2.24) is 0 Å². The van der Waals surface area contributed by atoms with E-state index in [9.17, 15) is 9.18 Å². The fraction of sp³-hybridized carbons (Fsp3) is 0.125. The van der Waals surface area contributed by atoms with Crippen molar-refractivity contribution in [3.8, 4) is 0 Å². The van der Waals surface area contributed by atoms with Crippen molar-refractivity contribution in [2.24, 2.45) is 16.8 Å². The van der Waals surface area contributed by atoms with Crippen LogP contribution in [0.4, 0.5) is 10.1 Å². The monoisotopic (exact) mass is 332 g/mol. The number of nitrogens with two attached hydrogens (primary N) is 2. The van der Waals surface area contributed by atoms with Gasteiger partial charge in [0.25, 0.3) is 0 Å². The molecule has 0 saturated heterocycles. The van der Waals surface area contributed by atoms with E-state index in [0.29, 0.717) is 5.69 Å². The summed E-state index contributed by atoms with van der Waals surface area (Å²) in [7, 11) is 0. The van der Waals surface area contributed by atoms with Gasteiger partial charge in [0, 0.05) is 0 Å². The van der Waals surface area contributed by atoms with Gasteiger partial charge in [-0.2, -0.15) is 5.10 Å². The molecule has 2 aromatic rings. The lowest BCUT2D eigenvalue weighted by molar-refractivity contribution is 0.101. The first-order chi connectivity index (χ1) is 11.0. The second kappa shape index (κ2) is 7.75. The van der Waals surface area contributed by atoms with Gasteiger partial charge in [-0.3, -0.25) is 9.80 Å². The average molecular weight is 332 g/mol. The normalized spacial score (nSPS) is 11.3. The summed E-state index contributed by atoms with van der Waals surface area (Å²) in [6, 6.07) is 13.3. The summed E-state index contributed by atoms with van der Waals surface area (Å²) in [5.41, 5.74) is 1.76. The van der Waals surface area contributed by atoms with Crippen molar-refractivity contribution in [3.05, 3.63) is 65.5 Å². The van der Waals surface area contributed by atoms with Crippen LogP contribution >= 0.6 is 11.8 Å². The minimum absolute atomic E-state index is 0.0174. The van der Waals surface area contributed by atoms with E-state index >= 15 is 0 Å². The van der Waals surface area contributed by atoms with E-state index in [1.54, 1.807) is 12.1 Å². The van der Waals surface area contributed by atoms with Crippen molar-refractivity contribution >= 4 is 28.4 Å². The highest BCUT2D eigenvalue weighted by molar-refractivity contribution is 8.14. The number of Topliss-reactive ketones (excluding diaryl/α,β-unsaturated/α-hetero) is 1. The molecule has 0 aliphatic rings. The zero-order valence-corrected chi connectivity index (χ0v) is 13.4. The molecular weight excluding hydrogens is 315 g/mol. The fourth-order valence-electron chi connectivity index (χ4n) is 1.95. The molecule has 0 bridgehead atoms. The zero-order valence-electron chi connectivity index (χ0n) is 12.6. The number of hydrogen-bond acceptors (Lipinski definition) is 5.